The van der Waals surface area contributed by atoms with Gasteiger partial charge in [-0.2, -0.15) is 0 Å². The Morgan fingerprint density at radius 3 is 0.980 bits per heavy atom. The Hall–Kier alpha value is -1.59. The Balaban J connectivity index is 4.35. The van der Waals surface area contributed by atoms with Crippen molar-refractivity contribution in [3.8, 4) is 0 Å². The summed E-state index contributed by atoms with van der Waals surface area (Å²) in [4.78, 5) is 37.6. The van der Waals surface area contributed by atoms with Crippen molar-refractivity contribution in [3.05, 3.63) is 0 Å². The summed E-state index contributed by atoms with van der Waals surface area (Å²) in [6, 6.07) is 0. The van der Waals surface area contributed by atoms with Crippen molar-refractivity contribution in [2.24, 2.45) is 11.8 Å². The van der Waals surface area contributed by atoms with Crippen LogP contribution in [0.15, 0.2) is 0 Å². The van der Waals surface area contributed by atoms with Crippen LogP contribution in [0, 0.1) is 11.8 Å². The lowest BCUT2D eigenvalue weighted by molar-refractivity contribution is -0.167. The molecule has 0 saturated carbocycles. The molecule has 0 aliphatic carbocycles. The summed E-state index contributed by atoms with van der Waals surface area (Å²) in [5.74, 6) is 0.710. The number of unbranched alkanes of at least 4 members (excludes halogenated alkanes) is 23. The maximum atomic E-state index is 12.7. The summed E-state index contributed by atoms with van der Waals surface area (Å²) < 4.78 is 16.7. The van der Waals surface area contributed by atoms with Crippen LogP contribution in [0.3, 0.4) is 0 Å². The molecule has 0 amide bonds. The predicted octanol–water partition coefficient (Wildman–Crippen LogP) is 13.4. The second kappa shape index (κ2) is 37.2. The summed E-state index contributed by atoms with van der Waals surface area (Å²) >= 11 is 0. The average molecular weight is 709 g/mol. The number of hydrogen-bond acceptors (Lipinski definition) is 6. The van der Waals surface area contributed by atoms with Gasteiger partial charge in [0.15, 0.2) is 6.10 Å². The highest BCUT2D eigenvalue weighted by molar-refractivity contribution is 5.71. The fourth-order valence-electron chi connectivity index (χ4n) is 6.40. The Labute approximate surface area is 310 Å². The summed E-state index contributed by atoms with van der Waals surface area (Å²) in [7, 11) is 0. The van der Waals surface area contributed by atoms with Crippen LogP contribution in [-0.4, -0.2) is 37.2 Å². The number of hydrogen-bond donors (Lipinski definition) is 0. The lowest BCUT2D eigenvalue weighted by atomic mass is 10.0. The zero-order valence-electron chi connectivity index (χ0n) is 34.0. The van der Waals surface area contributed by atoms with Crippen LogP contribution in [0.2, 0.25) is 0 Å². The molecular formula is C44H84O6. The molecule has 0 aliphatic heterocycles. The van der Waals surface area contributed by atoms with E-state index in [0.717, 1.165) is 69.6 Å². The van der Waals surface area contributed by atoms with Gasteiger partial charge in [-0.15, -0.1) is 0 Å². The molecule has 0 bridgehead atoms. The molecule has 0 radical (unpaired) electrons. The first-order valence-corrected chi connectivity index (χ1v) is 21.7. The van der Waals surface area contributed by atoms with Gasteiger partial charge < -0.3 is 14.2 Å². The van der Waals surface area contributed by atoms with E-state index < -0.39 is 6.10 Å². The second-order valence-electron chi connectivity index (χ2n) is 15.9. The third kappa shape index (κ3) is 37.7. The van der Waals surface area contributed by atoms with E-state index in [-0.39, 0.29) is 31.1 Å². The molecule has 0 aromatic rings. The maximum Gasteiger partial charge on any atom is 0.306 e. The minimum absolute atomic E-state index is 0.0660. The lowest BCUT2D eigenvalue weighted by Crippen LogP contribution is -2.30. The summed E-state index contributed by atoms with van der Waals surface area (Å²) in [6.07, 6.45) is 33.8. The van der Waals surface area contributed by atoms with Crippen molar-refractivity contribution in [1.29, 1.82) is 0 Å². The van der Waals surface area contributed by atoms with Crippen molar-refractivity contribution in [2.75, 3.05) is 13.2 Å². The molecular weight excluding hydrogens is 624 g/mol. The SMILES string of the molecule is CCCCCCCCCCCCCC(=O)OC[C@@H](COC(=O)CCCCCCCCCC(C)C)OC(=O)CCCCCCCCCCC(C)C. The molecule has 0 aromatic carbocycles. The first-order valence-electron chi connectivity index (χ1n) is 21.7. The van der Waals surface area contributed by atoms with Crippen molar-refractivity contribution < 1.29 is 28.6 Å². The number of carbonyl (C=O) groups excluding carboxylic acids is 3. The molecule has 0 aliphatic rings. The molecule has 0 rings (SSSR count). The van der Waals surface area contributed by atoms with E-state index in [2.05, 4.69) is 34.6 Å². The zero-order valence-corrected chi connectivity index (χ0v) is 34.0. The molecule has 1 atom stereocenters. The highest BCUT2D eigenvalue weighted by Crippen LogP contribution is 2.16. The normalized spacial score (nSPS) is 12.1. The molecule has 0 N–H and O–H groups in total. The standard InChI is InChI=1S/C44H84O6/c1-6-7-8-9-10-11-12-13-19-24-29-34-42(45)48-37-41(38-49-43(46)35-30-25-21-16-18-23-28-33-40(4)5)50-44(47)36-31-26-20-15-14-17-22-27-32-39(2)3/h39-41H,6-38H2,1-5H3/t41-/m0/s1. The smallest absolute Gasteiger partial charge is 0.306 e. The van der Waals surface area contributed by atoms with Crippen molar-refractivity contribution in [3.63, 3.8) is 0 Å². The van der Waals surface area contributed by atoms with Gasteiger partial charge in [0.2, 0.25) is 0 Å². The minimum atomic E-state index is -0.760. The summed E-state index contributed by atoms with van der Waals surface area (Å²) in [5, 5.41) is 0. The fraction of sp³-hybridized carbons (Fsp3) is 0.932. The van der Waals surface area contributed by atoms with Crippen LogP contribution in [0.25, 0.3) is 0 Å². The molecule has 0 spiro atoms. The monoisotopic (exact) mass is 709 g/mol. The van der Waals surface area contributed by atoms with Gasteiger partial charge in [-0.25, -0.2) is 0 Å². The van der Waals surface area contributed by atoms with E-state index in [1.165, 1.54) is 122 Å². The van der Waals surface area contributed by atoms with Crippen molar-refractivity contribution in [2.45, 2.75) is 240 Å². The predicted molar refractivity (Wildman–Crippen MR) is 210 cm³/mol. The number of esters is 3. The fourth-order valence-corrected chi connectivity index (χ4v) is 6.40. The Kier molecular flexibility index (Phi) is 36.0. The molecule has 0 aromatic heterocycles. The van der Waals surface area contributed by atoms with E-state index >= 15 is 0 Å². The van der Waals surface area contributed by atoms with Gasteiger partial charge in [-0.05, 0) is 31.1 Å². The van der Waals surface area contributed by atoms with Crippen LogP contribution in [0.4, 0.5) is 0 Å². The topological polar surface area (TPSA) is 78.9 Å². The van der Waals surface area contributed by atoms with Gasteiger partial charge in [-0.3, -0.25) is 14.4 Å². The molecule has 0 fully saturated rings. The van der Waals surface area contributed by atoms with Gasteiger partial charge in [0, 0.05) is 19.3 Å². The zero-order chi connectivity index (χ0) is 36.9. The van der Waals surface area contributed by atoms with E-state index in [9.17, 15) is 14.4 Å². The van der Waals surface area contributed by atoms with Gasteiger partial charge in [-0.1, -0.05) is 195 Å². The summed E-state index contributed by atoms with van der Waals surface area (Å²) in [5.41, 5.74) is 0. The molecule has 6 nitrogen and oxygen atoms in total. The lowest BCUT2D eigenvalue weighted by Gasteiger charge is -2.18. The largest absolute Gasteiger partial charge is 0.462 e. The van der Waals surface area contributed by atoms with Crippen LogP contribution in [0.5, 0.6) is 0 Å². The molecule has 0 heterocycles. The van der Waals surface area contributed by atoms with Gasteiger partial charge in [0.05, 0.1) is 0 Å². The van der Waals surface area contributed by atoms with Gasteiger partial charge >= 0.3 is 17.9 Å². The first kappa shape index (κ1) is 48.4. The van der Waals surface area contributed by atoms with Crippen molar-refractivity contribution >= 4 is 17.9 Å². The van der Waals surface area contributed by atoms with E-state index in [4.69, 9.17) is 14.2 Å². The van der Waals surface area contributed by atoms with Crippen LogP contribution >= 0.6 is 0 Å². The number of carbonyl (C=O) groups is 3. The Bertz CT molecular complexity index is 764. The van der Waals surface area contributed by atoms with Crippen LogP contribution < -0.4 is 0 Å². The minimum Gasteiger partial charge on any atom is -0.462 e. The molecule has 296 valence electrons. The number of ether oxygens (including phenoxy) is 3. The van der Waals surface area contributed by atoms with E-state index in [1.807, 2.05) is 0 Å². The number of rotatable bonds is 38. The highest BCUT2D eigenvalue weighted by atomic mass is 16.6. The third-order valence-electron chi connectivity index (χ3n) is 9.72. The maximum absolute atomic E-state index is 12.7. The first-order chi connectivity index (χ1) is 24.2. The Morgan fingerprint density at radius 1 is 0.380 bits per heavy atom. The molecule has 50 heavy (non-hydrogen) atoms. The average Bonchev–Trinajstić information content (AvgIpc) is 3.08. The van der Waals surface area contributed by atoms with Crippen molar-refractivity contribution in [1.82, 2.24) is 0 Å². The molecule has 6 heteroatoms. The summed E-state index contributed by atoms with van der Waals surface area (Å²) in [6.45, 7) is 11.2. The van der Waals surface area contributed by atoms with E-state index in [0.29, 0.717) is 19.3 Å². The van der Waals surface area contributed by atoms with Gasteiger partial charge in [0.25, 0.3) is 0 Å². The highest BCUT2D eigenvalue weighted by Gasteiger charge is 2.19. The second-order valence-corrected chi connectivity index (χ2v) is 15.9. The van der Waals surface area contributed by atoms with Gasteiger partial charge in [0.1, 0.15) is 13.2 Å². The molecule has 0 saturated heterocycles. The van der Waals surface area contributed by atoms with Crippen LogP contribution in [-0.2, 0) is 28.6 Å². The van der Waals surface area contributed by atoms with E-state index in [1.54, 1.807) is 0 Å². The Morgan fingerprint density at radius 2 is 0.660 bits per heavy atom. The third-order valence-corrected chi connectivity index (χ3v) is 9.72. The van der Waals surface area contributed by atoms with Crippen LogP contribution in [0.1, 0.15) is 234 Å². The molecule has 0 unspecified atom stereocenters. The quantitative estimate of drug-likeness (QED) is 0.0361.